The van der Waals surface area contributed by atoms with E-state index in [9.17, 15) is 0 Å². The molecule has 0 heterocycles. The van der Waals surface area contributed by atoms with Gasteiger partial charge >= 0.3 is 0 Å². The van der Waals surface area contributed by atoms with Crippen molar-refractivity contribution in [2.75, 3.05) is 0 Å². The molecule has 1 atom stereocenters. The molecule has 0 aliphatic heterocycles. The molecule has 1 heteroatoms. The van der Waals surface area contributed by atoms with Crippen LogP contribution in [0, 0.1) is 0 Å². The third-order valence-electron chi connectivity index (χ3n) is 3.32. The van der Waals surface area contributed by atoms with E-state index in [1.54, 1.807) is 0 Å². The Bertz CT molecular complexity index is 455. The van der Waals surface area contributed by atoms with Gasteiger partial charge < -0.3 is 5.73 Å². The molecule has 0 radical (unpaired) electrons. The van der Waals surface area contributed by atoms with Crippen LogP contribution in [0.1, 0.15) is 28.7 Å². The van der Waals surface area contributed by atoms with Gasteiger partial charge in [-0.25, -0.2) is 0 Å². The van der Waals surface area contributed by atoms with E-state index in [1.165, 1.54) is 35.1 Å². The molecular formula is C14H15N. The zero-order valence-electron chi connectivity index (χ0n) is 8.74. The third kappa shape index (κ3) is 1.44. The minimum absolute atomic E-state index is 0.204. The molecule has 0 bridgehead atoms. The second kappa shape index (κ2) is 3.35. The SMILES string of the molecule is NC1C=Cc2ccc3c(c2C1)CCC=C3. The summed E-state index contributed by atoms with van der Waals surface area (Å²) in [6.45, 7) is 0. The third-order valence-corrected chi connectivity index (χ3v) is 3.32. The predicted molar refractivity (Wildman–Crippen MR) is 64.5 cm³/mol. The lowest BCUT2D eigenvalue weighted by molar-refractivity contribution is 0.785. The van der Waals surface area contributed by atoms with E-state index in [2.05, 4.69) is 36.4 Å². The first-order chi connectivity index (χ1) is 7.34. The van der Waals surface area contributed by atoms with Gasteiger partial charge in [0.1, 0.15) is 0 Å². The summed E-state index contributed by atoms with van der Waals surface area (Å²) in [4.78, 5) is 0. The minimum atomic E-state index is 0.204. The van der Waals surface area contributed by atoms with Gasteiger partial charge in [-0.3, -0.25) is 0 Å². The van der Waals surface area contributed by atoms with Crippen molar-refractivity contribution in [2.45, 2.75) is 25.3 Å². The average molecular weight is 197 g/mol. The van der Waals surface area contributed by atoms with Gasteiger partial charge in [-0.1, -0.05) is 36.4 Å². The van der Waals surface area contributed by atoms with Crippen molar-refractivity contribution < 1.29 is 0 Å². The maximum absolute atomic E-state index is 5.98. The Balaban J connectivity index is 2.19. The molecule has 1 nitrogen and oxygen atoms in total. The van der Waals surface area contributed by atoms with Gasteiger partial charge in [0.05, 0.1) is 0 Å². The lowest BCUT2D eigenvalue weighted by Crippen LogP contribution is -2.24. The van der Waals surface area contributed by atoms with Gasteiger partial charge in [-0.05, 0) is 41.5 Å². The summed E-state index contributed by atoms with van der Waals surface area (Å²) in [6.07, 6.45) is 12.1. The molecule has 0 saturated carbocycles. The van der Waals surface area contributed by atoms with Crippen molar-refractivity contribution in [3.05, 3.63) is 46.5 Å². The van der Waals surface area contributed by atoms with Crippen LogP contribution in [-0.2, 0) is 12.8 Å². The van der Waals surface area contributed by atoms with Gasteiger partial charge in [0.15, 0.2) is 0 Å². The molecule has 1 unspecified atom stereocenters. The molecule has 15 heavy (non-hydrogen) atoms. The molecule has 0 aromatic heterocycles. The second-order valence-electron chi connectivity index (χ2n) is 4.37. The summed E-state index contributed by atoms with van der Waals surface area (Å²) >= 11 is 0. The monoisotopic (exact) mass is 197 g/mol. The van der Waals surface area contributed by atoms with E-state index in [0.29, 0.717) is 0 Å². The van der Waals surface area contributed by atoms with E-state index in [4.69, 9.17) is 5.73 Å². The Morgan fingerprint density at radius 3 is 2.73 bits per heavy atom. The Kier molecular flexibility index (Phi) is 2.00. The largest absolute Gasteiger partial charge is 0.324 e. The van der Waals surface area contributed by atoms with Crippen LogP contribution in [0.3, 0.4) is 0 Å². The van der Waals surface area contributed by atoms with Crippen LogP contribution < -0.4 is 5.73 Å². The summed E-state index contributed by atoms with van der Waals surface area (Å²) in [6, 6.07) is 4.65. The lowest BCUT2D eigenvalue weighted by Gasteiger charge is -2.22. The first kappa shape index (κ1) is 8.93. The highest BCUT2D eigenvalue weighted by atomic mass is 14.6. The van der Waals surface area contributed by atoms with Crippen LogP contribution in [0.25, 0.3) is 12.2 Å². The number of hydrogen-bond acceptors (Lipinski definition) is 1. The maximum atomic E-state index is 5.98. The van der Waals surface area contributed by atoms with Crippen molar-refractivity contribution in [3.63, 3.8) is 0 Å². The van der Waals surface area contributed by atoms with E-state index >= 15 is 0 Å². The standard InChI is InChI=1S/C14H15N/c15-12-8-7-11-6-5-10-3-1-2-4-13(10)14(11)9-12/h1,3,5-8,12H,2,4,9,15H2. The number of fused-ring (bicyclic) bond motifs is 3. The molecule has 2 N–H and O–H groups in total. The number of hydrogen-bond donors (Lipinski definition) is 1. The Morgan fingerprint density at radius 2 is 1.87 bits per heavy atom. The van der Waals surface area contributed by atoms with Crippen LogP contribution in [0.5, 0.6) is 0 Å². The fourth-order valence-corrected chi connectivity index (χ4v) is 2.55. The Labute approximate surface area is 90.3 Å². The highest BCUT2D eigenvalue weighted by Crippen LogP contribution is 2.29. The maximum Gasteiger partial charge on any atom is 0.0268 e. The zero-order valence-corrected chi connectivity index (χ0v) is 8.74. The van der Waals surface area contributed by atoms with E-state index < -0.39 is 0 Å². The smallest absolute Gasteiger partial charge is 0.0268 e. The summed E-state index contributed by atoms with van der Waals surface area (Å²) in [7, 11) is 0. The lowest BCUT2D eigenvalue weighted by atomic mass is 9.84. The number of benzene rings is 1. The van der Waals surface area contributed by atoms with Crippen molar-refractivity contribution in [2.24, 2.45) is 5.73 Å². The van der Waals surface area contributed by atoms with Crippen LogP contribution >= 0.6 is 0 Å². The molecule has 1 aromatic rings. The molecule has 0 fully saturated rings. The average Bonchev–Trinajstić information content (AvgIpc) is 2.29. The fourth-order valence-electron chi connectivity index (χ4n) is 2.55. The number of rotatable bonds is 0. The second-order valence-corrected chi connectivity index (χ2v) is 4.37. The molecule has 0 spiro atoms. The predicted octanol–water partition coefficient (Wildman–Crippen LogP) is 2.54. The Morgan fingerprint density at radius 1 is 1.07 bits per heavy atom. The van der Waals surface area contributed by atoms with Crippen LogP contribution in [0.4, 0.5) is 0 Å². The Hall–Kier alpha value is -1.34. The fraction of sp³-hybridized carbons (Fsp3) is 0.286. The quantitative estimate of drug-likeness (QED) is 0.679. The molecular weight excluding hydrogens is 182 g/mol. The number of nitrogens with two attached hydrogens (primary N) is 1. The van der Waals surface area contributed by atoms with Crippen molar-refractivity contribution in [1.82, 2.24) is 0 Å². The molecule has 76 valence electrons. The minimum Gasteiger partial charge on any atom is -0.324 e. The van der Waals surface area contributed by atoms with Crippen molar-refractivity contribution in [3.8, 4) is 0 Å². The first-order valence-corrected chi connectivity index (χ1v) is 5.59. The van der Waals surface area contributed by atoms with E-state index in [0.717, 1.165) is 6.42 Å². The molecule has 3 rings (SSSR count). The van der Waals surface area contributed by atoms with Gasteiger partial charge in [0.25, 0.3) is 0 Å². The van der Waals surface area contributed by atoms with Crippen molar-refractivity contribution in [1.29, 1.82) is 0 Å². The van der Waals surface area contributed by atoms with Crippen molar-refractivity contribution >= 4 is 12.2 Å². The van der Waals surface area contributed by atoms with Gasteiger partial charge in [0.2, 0.25) is 0 Å². The molecule has 1 aromatic carbocycles. The van der Waals surface area contributed by atoms with E-state index in [1.807, 2.05) is 0 Å². The summed E-state index contributed by atoms with van der Waals surface area (Å²) in [5.41, 5.74) is 11.7. The molecule has 0 amide bonds. The summed E-state index contributed by atoms with van der Waals surface area (Å²) < 4.78 is 0. The first-order valence-electron chi connectivity index (χ1n) is 5.59. The van der Waals surface area contributed by atoms with Gasteiger partial charge in [-0.2, -0.15) is 0 Å². The van der Waals surface area contributed by atoms with Crippen LogP contribution in [0.2, 0.25) is 0 Å². The zero-order chi connectivity index (χ0) is 10.3. The van der Waals surface area contributed by atoms with Crippen LogP contribution in [-0.4, -0.2) is 6.04 Å². The van der Waals surface area contributed by atoms with Gasteiger partial charge in [0, 0.05) is 6.04 Å². The van der Waals surface area contributed by atoms with Crippen LogP contribution in [0.15, 0.2) is 24.3 Å². The molecule has 2 aliphatic rings. The summed E-state index contributed by atoms with van der Waals surface area (Å²) in [5.74, 6) is 0. The topological polar surface area (TPSA) is 26.0 Å². The van der Waals surface area contributed by atoms with Gasteiger partial charge in [-0.15, -0.1) is 0 Å². The number of allylic oxidation sites excluding steroid dienone is 1. The highest BCUT2D eigenvalue weighted by molar-refractivity contribution is 5.67. The highest BCUT2D eigenvalue weighted by Gasteiger charge is 2.17. The molecule has 0 saturated heterocycles. The normalized spacial score (nSPS) is 22.3. The van der Waals surface area contributed by atoms with E-state index in [-0.39, 0.29) is 6.04 Å². The summed E-state index contributed by atoms with van der Waals surface area (Å²) in [5, 5.41) is 0. The molecule has 2 aliphatic carbocycles.